The van der Waals surface area contributed by atoms with Crippen LogP contribution in [-0.4, -0.2) is 37.2 Å². The van der Waals surface area contributed by atoms with Crippen molar-refractivity contribution in [3.8, 4) is 0 Å². The number of rotatable bonds is 39. The Morgan fingerprint density at radius 1 is 0.382 bits per heavy atom. The smallest absolute Gasteiger partial charge is 0.306 e. The molecule has 0 aromatic rings. The lowest BCUT2D eigenvalue weighted by Gasteiger charge is -2.18. The van der Waals surface area contributed by atoms with Crippen LogP contribution in [-0.2, 0) is 28.6 Å². The minimum absolute atomic E-state index is 0.0976. The lowest BCUT2D eigenvalue weighted by atomic mass is 10.1. The molecular formula is C49H82O6. The van der Waals surface area contributed by atoms with Crippen molar-refractivity contribution in [1.29, 1.82) is 0 Å². The molecule has 0 aromatic heterocycles. The van der Waals surface area contributed by atoms with Crippen molar-refractivity contribution >= 4 is 17.9 Å². The summed E-state index contributed by atoms with van der Waals surface area (Å²) in [7, 11) is 0. The van der Waals surface area contributed by atoms with E-state index in [1.807, 2.05) is 0 Å². The Labute approximate surface area is 338 Å². The number of hydrogen-bond donors (Lipinski definition) is 0. The van der Waals surface area contributed by atoms with Crippen LogP contribution in [0.4, 0.5) is 0 Å². The minimum Gasteiger partial charge on any atom is -0.462 e. The molecule has 0 rings (SSSR count). The largest absolute Gasteiger partial charge is 0.462 e. The first-order valence-electron chi connectivity index (χ1n) is 22.4. The van der Waals surface area contributed by atoms with Crippen LogP contribution in [0.15, 0.2) is 72.9 Å². The van der Waals surface area contributed by atoms with Crippen LogP contribution in [0.1, 0.15) is 201 Å². The van der Waals surface area contributed by atoms with Gasteiger partial charge in [-0.05, 0) is 96.3 Å². The maximum absolute atomic E-state index is 12.7. The SMILES string of the molecule is CC/C=C\C/C=C\C/C=C\CCCCCCCCC(=O)OCC(COC(=O)CCC/C=C\CCCCCC)OC(=O)CCCCCCC/C=C\C/C=C\CC. The second-order valence-corrected chi connectivity index (χ2v) is 14.5. The standard InChI is InChI=1S/C49H82O6/c1-4-7-10-13-16-19-21-23-24-25-26-28-30-33-36-39-42-48(51)54-45-46(44-53-47(50)41-38-35-32-29-18-15-12-9-6-3)55-49(52)43-40-37-34-31-27-22-20-17-14-11-8-5-2/h7-8,10-11,16-17,19-20,23-24,29,32,46H,4-6,9,12-15,18,21-22,25-28,30-31,33-45H2,1-3H3/b10-7-,11-8-,19-16-,20-17-,24-23-,32-29-. The first-order valence-corrected chi connectivity index (χ1v) is 22.4. The Hall–Kier alpha value is -3.15. The van der Waals surface area contributed by atoms with Crippen LogP contribution in [0, 0.1) is 0 Å². The lowest BCUT2D eigenvalue weighted by molar-refractivity contribution is -0.167. The van der Waals surface area contributed by atoms with Gasteiger partial charge in [-0.3, -0.25) is 14.4 Å². The molecule has 0 radical (unpaired) electrons. The maximum atomic E-state index is 12.7. The highest BCUT2D eigenvalue weighted by molar-refractivity contribution is 5.71. The second-order valence-electron chi connectivity index (χ2n) is 14.5. The number of allylic oxidation sites excluding steroid dienone is 12. The van der Waals surface area contributed by atoms with E-state index in [-0.39, 0.29) is 31.1 Å². The summed E-state index contributed by atoms with van der Waals surface area (Å²) in [4.78, 5) is 37.6. The van der Waals surface area contributed by atoms with Gasteiger partial charge in [0.1, 0.15) is 13.2 Å². The van der Waals surface area contributed by atoms with Crippen molar-refractivity contribution in [2.45, 2.75) is 207 Å². The van der Waals surface area contributed by atoms with Gasteiger partial charge in [0, 0.05) is 19.3 Å². The Balaban J connectivity index is 4.41. The molecule has 0 amide bonds. The van der Waals surface area contributed by atoms with Crippen molar-refractivity contribution in [2.24, 2.45) is 0 Å². The molecule has 6 heteroatoms. The quantitative estimate of drug-likeness (QED) is 0.0268. The molecule has 0 heterocycles. The fourth-order valence-corrected chi connectivity index (χ4v) is 5.85. The molecule has 1 unspecified atom stereocenters. The molecule has 6 nitrogen and oxygen atoms in total. The van der Waals surface area contributed by atoms with E-state index in [1.54, 1.807) is 0 Å². The van der Waals surface area contributed by atoms with E-state index in [4.69, 9.17) is 14.2 Å². The van der Waals surface area contributed by atoms with Crippen molar-refractivity contribution in [3.05, 3.63) is 72.9 Å². The summed E-state index contributed by atoms with van der Waals surface area (Å²) >= 11 is 0. The van der Waals surface area contributed by atoms with Gasteiger partial charge in [0.15, 0.2) is 6.10 Å². The number of esters is 3. The molecule has 0 saturated heterocycles. The molecule has 0 spiro atoms. The van der Waals surface area contributed by atoms with E-state index in [0.717, 1.165) is 109 Å². The Kier molecular flexibility index (Phi) is 41.1. The molecule has 0 bridgehead atoms. The van der Waals surface area contributed by atoms with Crippen LogP contribution in [0.5, 0.6) is 0 Å². The van der Waals surface area contributed by atoms with E-state index in [9.17, 15) is 14.4 Å². The highest BCUT2D eigenvalue weighted by atomic mass is 16.6. The van der Waals surface area contributed by atoms with Crippen LogP contribution >= 0.6 is 0 Å². The summed E-state index contributed by atoms with van der Waals surface area (Å²) in [5.41, 5.74) is 0. The van der Waals surface area contributed by atoms with Gasteiger partial charge in [0.25, 0.3) is 0 Å². The monoisotopic (exact) mass is 767 g/mol. The average molecular weight is 767 g/mol. The summed E-state index contributed by atoms with van der Waals surface area (Å²) in [5, 5.41) is 0. The van der Waals surface area contributed by atoms with Gasteiger partial charge in [0.05, 0.1) is 0 Å². The molecule has 0 saturated carbocycles. The molecule has 0 N–H and O–H groups in total. The number of unbranched alkanes of at least 4 members (excludes halogenated alkanes) is 16. The first kappa shape index (κ1) is 51.9. The fourth-order valence-electron chi connectivity index (χ4n) is 5.85. The summed E-state index contributed by atoms with van der Waals surface area (Å²) < 4.78 is 16.6. The van der Waals surface area contributed by atoms with Crippen molar-refractivity contribution in [2.75, 3.05) is 13.2 Å². The van der Waals surface area contributed by atoms with Gasteiger partial charge < -0.3 is 14.2 Å². The molecule has 0 aliphatic rings. The van der Waals surface area contributed by atoms with Crippen LogP contribution in [0.2, 0.25) is 0 Å². The average Bonchev–Trinajstić information content (AvgIpc) is 3.18. The molecule has 0 fully saturated rings. The lowest BCUT2D eigenvalue weighted by Crippen LogP contribution is -2.30. The third-order valence-corrected chi connectivity index (χ3v) is 9.18. The zero-order valence-corrected chi connectivity index (χ0v) is 35.7. The third kappa shape index (κ3) is 41.8. The van der Waals surface area contributed by atoms with E-state index in [0.29, 0.717) is 25.7 Å². The number of carbonyl (C=O) groups is 3. The van der Waals surface area contributed by atoms with Crippen molar-refractivity contribution in [3.63, 3.8) is 0 Å². The minimum atomic E-state index is -0.796. The van der Waals surface area contributed by atoms with Crippen LogP contribution in [0.25, 0.3) is 0 Å². The zero-order valence-electron chi connectivity index (χ0n) is 35.7. The summed E-state index contributed by atoms with van der Waals surface area (Å²) in [6.07, 6.45) is 53.2. The summed E-state index contributed by atoms with van der Waals surface area (Å²) in [5.74, 6) is -0.969. The maximum Gasteiger partial charge on any atom is 0.306 e. The molecule has 314 valence electrons. The second kappa shape index (κ2) is 43.6. The van der Waals surface area contributed by atoms with E-state index < -0.39 is 6.10 Å². The first-order chi connectivity index (χ1) is 27.0. The Morgan fingerprint density at radius 2 is 0.727 bits per heavy atom. The predicted molar refractivity (Wildman–Crippen MR) is 233 cm³/mol. The van der Waals surface area contributed by atoms with E-state index >= 15 is 0 Å². The molecule has 55 heavy (non-hydrogen) atoms. The van der Waals surface area contributed by atoms with Gasteiger partial charge in [0.2, 0.25) is 0 Å². The number of hydrogen-bond acceptors (Lipinski definition) is 6. The van der Waals surface area contributed by atoms with E-state index in [2.05, 4.69) is 93.7 Å². The van der Waals surface area contributed by atoms with Gasteiger partial charge in [-0.2, -0.15) is 0 Å². The van der Waals surface area contributed by atoms with Crippen molar-refractivity contribution in [1.82, 2.24) is 0 Å². The van der Waals surface area contributed by atoms with Crippen LogP contribution in [0.3, 0.4) is 0 Å². The summed E-state index contributed by atoms with van der Waals surface area (Å²) in [6, 6.07) is 0. The molecule has 0 aromatic carbocycles. The number of ether oxygens (including phenoxy) is 3. The normalized spacial score (nSPS) is 12.7. The number of carbonyl (C=O) groups excluding carboxylic acids is 3. The Morgan fingerprint density at radius 3 is 1.20 bits per heavy atom. The van der Waals surface area contributed by atoms with Gasteiger partial charge >= 0.3 is 17.9 Å². The molecule has 0 aliphatic heterocycles. The molecular weight excluding hydrogens is 685 g/mol. The van der Waals surface area contributed by atoms with Crippen molar-refractivity contribution < 1.29 is 28.6 Å². The summed E-state index contributed by atoms with van der Waals surface area (Å²) in [6.45, 7) is 6.31. The molecule has 1 atom stereocenters. The third-order valence-electron chi connectivity index (χ3n) is 9.18. The van der Waals surface area contributed by atoms with Gasteiger partial charge in [-0.1, -0.05) is 158 Å². The van der Waals surface area contributed by atoms with E-state index in [1.165, 1.54) is 44.9 Å². The highest BCUT2D eigenvalue weighted by Gasteiger charge is 2.19. The predicted octanol–water partition coefficient (Wildman–Crippen LogP) is 14.3. The highest BCUT2D eigenvalue weighted by Crippen LogP contribution is 2.12. The van der Waals surface area contributed by atoms with Gasteiger partial charge in [-0.25, -0.2) is 0 Å². The topological polar surface area (TPSA) is 78.9 Å². The zero-order chi connectivity index (χ0) is 40.1. The van der Waals surface area contributed by atoms with Crippen LogP contribution < -0.4 is 0 Å². The van der Waals surface area contributed by atoms with Gasteiger partial charge in [-0.15, -0.1) is 0 Å². The Bertz CT molecular complexity index is 1070. The molecule has 0 aliphatic carbocycles. The fraction of sp³-hybridized carbons (Fsp3) is 0.694.